The van der Waals surface area contributed by atoms with Crippen molar-refractivity contribution in [3.05, 3.63) is 56.3 Å². The van der Waals surface area contributed by atoms with E-state index in [1.807, 2.05) is 10.6 Å². The molecule has 2 aliphatic rings. The van der Waals surface area contributed by atoms with Gasteiger partial charge in [-0.3, -0.25) is 4.79 Å². The predicted molar refractivity (Wildman–Crippen MR) is 115 cm³/mol. The highest BCUT2D eigenvalue weighted by atomic mass is 35.5. The highest BCUT2D eigenvalue weighted by Crippen LogP contribution is 2.49. The summed E-state index contributed by atoms with van der Waals surface area (Å²) in [6, 6.07) is 5.61. The lowest BCUT2D eigenvalue weighted by Crippen LogP contribution is -2.28. The molecule has 2 atom stereocenters. The van der Waals surface area contributed by atoms with Crippen LogP contribution in [0.4, 0.5) is 0 Å². The van der Waals surface area contributed by atoms with Gasteiger partial charge in [0.05, 0.1) is 25.5 Å². The van der Waals surface area contributed by atoms with Crippen molar-refractivity contribution in [2.24, 2.45) is 0 Å². The average molecular weight is 432 g/mol. The molecule has 7 heteroatoms. The molecule has 1 N–H and O–H groups in total. The van der Waals surface area contributed by atoms with Crippen LogP contribution in [0.15, 0.2) is 29.2 Å². The van der Waals surface area contributed by atoms with Crippen LogP contribution in [0.2, 0.25) is 5.02 Å². The van der Waals surface area contributed by atoms with Crippen LogP contribution < -0.4 is 5.43 Å². The molecule has 0 amide bonds. The van der Waals surface area contributed by atoms with E-state index < -0.39 is 11.4 Å². The normalized spacial score (nSPS) is 20.1. The number of methoxy groups -OCH3 is 1. The third kappa shape index (κ3) is 3.92. The van der Waals surface area contributed by atoms with E-state index in [1.165, 1.54) is 17.8 Å². The van der Waals surface area contributed by atoms with Crippen LogP contribution in [0, 0.1) is 0 Å². The molecule has 1 saturated carbocycles. The number of nitrogens with zero attached hydrogens (tertiary/aromatic N) is 1. The van der Waals surface area contributed by atoms with Gasteiger partial charge in [0.1, 0.15) is 5.56 Å². The number of ether oxygens (including phenoxy) is 2. The van der Waals surface area contributed by atoms with Crippen molar-refractivity contribution in [1.29, 1.82) is 0 Å². The standard InChI is InChI=1S/C23H26ClNO5/c1-29-7-8-30-13-14-9-16-15-5-3-2-4-6-20(15)25-12-18(23(27)28)22(26)11-21(25)17(16)10-19(14)24/h9-12,15,20H,2-8,13H2,1H3,(H,27,28)/t15-,20+/m1/s1. The quantitative estimate of drug-likeness (QED) is 0.674. The van der Waals surface area contributed by atoms with E-state index in [9.17, 15) is 14.7 Å². The summed E-state index contributed by atoms with van der Waals surface area (Å²) < 4.78 is 12.7. The number of carboxylic acids is 1. The molecule has 30 heavy (non-hydrogen) atoms. The largest absolute Gasteiger partial charge is 0.477 e. The number of rotatable bonds is 6. The Hall–Kier alpha value is -2.15. The van der Waals surface area contributed by atoms with Gasteiger partial charge in [-0.05, 0) is 30.0 Å². The molecule has 0 saturated heterocycles. The maximum Gasteiger partial charge on any atom is 0.341 e. The highest BCUT2D eigenvalue weighted by Gasteiger charge is 2.35. The van der Waals surface area contributed by atoms with Crippen LogP contribution in [0.5, 0.6) is 0 Å². The molecule has 2 heterocycles. The molecule has 0 bridgehead atoms. The molecule has 1 aromatic heterocycles. The fourth-order valence-corrected chi connectivity index (χ4v) is 5.00. The number of fused-ring (bicyclic) bond motifs is 6. The van der Waals surface area contributed by atoms with Gasteiger partial charge in [-0.2, -0.15) is 0 Å². The first-order valence-electron chi connectivity index (χ1n) is 10.4. The fraction of sp³-hybridized carbons (Fsp3) is 0.478. The Balaban J connectivity index is 1.83. The molecule has 1 aliphatic heterocycles. The molecular formula is C23H26ClNO5. The van der Waals surface area contributed by atoms with Crippen LogP contribution in [0.3, 0.4) is 0 Å². The summed E-state index contributed by atoms with van der Waals surface area (Å²) in [5, 5.41) is 10.0. The van der Waals surface area contributed by atoms with Gasteiger partial charge in [0.15, 0.2) is 5.43 Å². The lowest BCUT2D eigenvalue weighted by molar-refractivity contribution is 0.0616. The Kier molecular flexibility index (Phi) is 6.27. The first kappa shape index (κ1) is 21.1. The lowest BCUT2D eigenvalue weighted by atomic mass is 9.79. The van der Waals surface area contributed by atoms with E-state index in [2.05, 4.69) is 6.07 Å². The van der Waals surface area contributed by atoms with Crippen molar-refractivity contribution >= 4 is 17.6 Å². The number of carbonyl (C=O) groups is 1. The maximum absolute atomic E-state index is 12.5. The lowest BCUT2D eigenvalue weighted by Gasteiger charge is -2.37. The molecule has 0 unspecified atom stereocenters. The molecule has 1 aromatic carbocycles. The minimum Gasteiger partial charge on any atom is -0.477 e. The number of hydrogen-bond acceptors (Lipinski definition) is 4. The number of hydrogen-bond donors (Lipinski definition) is 1. The number of carboxylic acid groups (broad SMARTS) is 1. The topological polar surface area (TPSA) is 77.8 Å². The summed E-state index contributed by atoms with van der Waals surface area (Å²) in [4.78, 5) is 24.0. The Labute approximate surface area is 180 Å². The van der Waals surface area contributed by atoms with Crippen LogP contribution in [0.1, 0.15) is 65.5 Å². The van der Waals surface area contributed by atoms with E-state index in [1.54, 1.807) is 7.11 Å². The van der Waals surface area contributed by atoms with Crippen molar-refractivity contribution in [2.45, 2.75) is 50.7 Å². The van der Waals surface area contributed by atoms with E-state index in [0.717, 1.165) is 48.9 Å². The monoisotopic (exact) mass is 431 g/mol. The summed E-state index contributed by atoms with van der Waals surface area (Å²) in [6.45, 7) is 1.42. The van der Waals surface area contributed by atoms with Crippen LogP contribution >= 0.6 is 11.6 Å². The molecule has 2 aromatic rings. The minimum atomic E-state index is -1.19. The van der Waals surface area contributed by atoms with Crippen LogP contribution in [-0.4, -0.2) is 36.0 Å². The maximum atomic E-state index is 12.5. The van der Waals surface area contributed by atoms with Gasteiger partial charge in [-0.15, -0.1) is 0 Å². The molecule has 1 aliphatic carbocycles. The van der Waals surface area contributed by atoms with Gasteiger partial charge >= 0.3 is 5.97 Å². The summed E-state index contributed by atoms with van der Waals surface area (Å²) >= 11 is 6.58. The van der Waals surface area contributed by atoms with Crippen LogP contribution in [-0.2, 0) is 16.1 Å². The zero-order valence-corrected chi connectivity index (χ0v) is 17.8. The summed E-state index contributed by atoms with van der Waals surface area (Å²) in [5.74, 6) is -0.929. The third-order valence-corrected chi connectivity index (χ3v) is 6.58. The average Bonchev–Trinajstić information content (AvgIpc) is 2.97. The zero-order valence-electron chi connectivity index (χ0n) is 17.0. The number of benzene rings is 1. The van der Waals surface area contributed by atoms with Crippen molar-refractivity contribution in [2.75, 3.05) is 20.3 Å². The third-order valence-electron chi connectivity index (χ3n) is 6.23. The second-order valence-corrected chi connectivity index (χ2v) is 8.44. The zero-order chi connectivity index (χ0) is 21.3. The van der Waals surface area contributed by atoms with Gasteiger partial charge in [-0.1, -0.05) is 36.9 Å². The Morgan fingerprint density at radius 1 is 1.20 bits per heavy atom. The summed E-state index contributed by atoms with van der Waals surface area (Å²) in [6.07, 6.45) is 6.89. The van der Waals surface area contributed by atoms with Crippen molar-refractivity contribution in [1.82, 2.24) is 4.57 Å². The van der Waals surface area contributed by atoms with Gasteiger partial charge in [0.2, 0.25) is 0 Å². The molecule has 4 rings (SSSR count). The van der Waals surface area contributed by atoms with Crippen molar-refractivity contribution in [3.8, 4) is 11.3 Å². The van der Waals surface area contributed by atoms with Crippen molar-refractivity contribution < 1.29 is 19.4 Å². The number of pyridine rings is 1. The van der Waals surface area contributed by atoms with Gasteiger partial charge in [-0.25, -0.2) is 4.79 Å². The SMILES string of the molecule is COCCOCc1cc2c(cc1Cl)-c1cc(=O)c(C(=O)O)cn1[C@H]1CCCCC[C@H]21. The van der Waals surface area contributed by atoms with E-state index in [-0.39, 0.29) is 17.5 Å². The highest BCUT2D eigenvalue weighted by molar-refractivity contribution is 6.31. The first-order valence-corrected chi connectivity index (χ1v) is 10.8. The second-order valence-electron chi connectivity index (χ2n) is 8.04. The van der Waals surface area contributed by atoms with Gasteiger partial charge in [0, 0.05) is 41.9 Å². The van der Waals surface area contributed by atoms with Crippen molar-refractivity contribution in [3.63, 3.8) is 0 Å². The molecule has 1 fully saturated rings. The van der Waals surface area contributed by atoms with Gasteiger partial charge in [0.25, 0.3) is 0 Å². The molecular weight excluding hydrogens is 406 g/mol. The molecule has 0 spiro atoms. The number of aromatic nitrogens is 1. The molecule has 6 nitrogen and oxygen atoms in total. The second kappa shape index (κ2) is 8.92. The molecule has 160 valence electrons. The van der Waals surface area contributed by atoms with E-state index >= 15 is 0 Å². The van der Waals surface area contributed by atoms with Crippen LogP contribution in [0.25, 0.3) is 11.3 Å². The number of halogens is 1. The van der Waals surface area contributed by atoms with Gasteiger partial charge < -0.3 is 19.1 Å². The summed E-state index contributed by atoms with van der Waals surface area (Å²) in [5.41, 5.74) is 3.11. The first-order chi connectivity index (χ1) is 14.5. The molecule has 0 radical (unpaired) electrons. The minimum absolute atomic E-state index is 0.136. The predicted octanol–water partition coefficient (Wildman–Crippen LogP) is 4.63. The summed E-state index contributed by atoms with van der Waals surface area (Å²) in [7, 11) is 1.64. The van der Waals surface area contributed by atoms with E-state index in [0.29, 0.717) is 24.8 Å². The van der Waals surface area contributed by atoms with E-state index in [4.69, 9.17) is 21.1 Å². The smallest absolute Gasteiger partial charge is 0.341 e. The Bertz CT molecular complexity index is 1020. The fourth-order valence-electron chi connectivity index (χ4n) is 4.79. The number of aromatic carboxylic acids is 1. The Morgan fingerprint density at radius 3 is 2.77 bits per heavy atom. The Morgan fingerprint density at radius 2 is 2.00 bits per heavy atom.